The van der Waals surface area contributed by atoms with Crippen LogP contribution in [0.25, 0.3) is 0 Å². The molecule has 1 atom stereocenters. The first-order valence-corrected chi connectivity index (χ1v) is 9.37. The van der Waals surface area contributed by atoms with Gasteiger partial charge in [0.2, 0.25) is 10.0 Å². The lowest BCUT2D eigenvalue weighted by Gasteiger charge is -2.32. The smallest absolute Gasteiger partial charge is 0.329 e. The van der Waals surface area contributed by atoms with Crippen LogP contribution in [0, 0.1) is 0 Å². The van der Waals surface area contributed by atoms with Gasteiger partial charge < -0.3 is 4.74 Å². The van der Waals surface area contributed by atoms with Crippen LogP contribution >= 0.6 is 0 Å². The van der Waals surface area contributed by atoms with E-state index < -0.39 is 22.0 Å². The molecule has 0 radical (unpaired) electrons. The highest BCUT2D eigenvalue weighted by Crippen LogP contribution is 2.26. The third-order valence-corrected chi connectivity index (χ3v) is 5.96. The normalized spacial score (nSPS) is 18.9. The van der Waals surface area contributed by atoms with Crippen molar-refractivity contribution in [2.75, 3.05) is 6.54 Å². The summed E-state index contributed by atoms with van der Waals surface area (Å²) in [5, 5.41) is 0. The Balaban J connectivity index is 1.84. The molecule has 0 aromatic heterocycles. The first-order valence-electron chi connectivity index (χ1n) is 7.93. The summed E-state index contributed by atoms with van der Waals surface area (Å²) >= 11 is 0. The Hall–Kier alpha value is -2.18. The SMILES string of the molecule is O=C(Oc1ccccc1)[C@H]1CCCCN1S(=O)(=O)c1ccccc1. The van der Waals surface area contributed by atoms with Crippen LogP contribution in [0.2, 0.25) is 0 Å². The van der Waals surface area contributed by atoms with Crippen molar-refractivity contribution in [2.45, 2.75) is 30.2 Å². The van der Waals surface area contributed by atoms with Crippen molar-refractivity contribution in [1.29, 1.82) is 0 Å². The van der Waals surface area contributed by atoms with Crippen molar-refractivity contribution in [1.82, 2.24) is 4.31 Å². The molecule has 1 saturated heterocycles. The van der Waals surface area contributed by atoms with Crippen molar-refractivity contribution < 1.29 is 17.9 Å². The van der Waals surface area contributed by atoms with E-state index in [-0.39, 0.29) is 4.90 Å². The lowest BCUT2D eigenvalue weighted by atomic mass is 10.1. The molecule has 1 aliphatic heterocycles. The third kappa shape index (κ3) is 3.49. The number of carbonyl (C=O) groups is 1. The number of carbonyl (C=O) groups excluding carboxylic acids is 1. The van der Waals surface area contributed by atoms with Crippen LogP contribution < -0.4 is 4.74 Å². The number of esters is 1. The molecule has 0 bridgehead atoms. The molecule has 0 spiro atoms. The molecule has 24 heavy (non-hydrogen) atoms. The molecule has 5 nitrogen and oxygen atoms in total. The fraction of sp³-hybridized carbons (Fsp3) is 0.278. The first-order chi connectivity index (χ1) is 11.6. The molecule has 1 aliphatic rings. The molecule has 2 aromatic carbocycles. The molecule has 1 fully saturated rings. The van der Waals surface area contributed by atoms with Gasteiger partial charge in [0.15, 0.2) is 0 Å². The zero-order valence-electron chi connectivity index (χ0n) is 13.2. The molecule has 6 heteroatoms. The number of para-hydroxylation sites is 1. The summed E-state index contributed by atoms with van der Waals surface area (Å²) in [6.45, 7) is 0.325. The second-order valence-corrected chi connectivity index (χ2v) is 7.57. The molecule has 0 N–H and O–H groups in total. The average Bonchev–Trinajstić information content (AvgIpc) is 2.63. The third-order valence-electron chi connectivity index (χ3n) is 4.04. The van der Waals surface area contributed by atoms with Crippen LogP contribution in [-0.4, -0.2) is 31.3 Å². The predicted octanol–water partition coefficient (Wildman–Crippen LogP) is 2.84. The highest BCUT2D eigenvalue weighted by Gasteiger charge is 2.38. The molecule has 1 heterocycles. The van der Waals surface area contributed by atoms with Gasteiger partial charge in [-0.15, -0.1) is 0 Å². The minimum absolute atomic E-state index is 0.199. The molecular formula is C18H19NO4S. The molecule has 0 aliphatic carbocycles. The quantitative estimate of drug-likeness (QED) is 0.631. The summed E-state index contributed by atoms with van der Waals surface area (Å²) in [5.41, 5.74) is 0. The van der Waals surface area contributed by atoms with E-state index in [0.29, 0.717) is 18.7 Å². The standard InChI is InChI=1S/C18H19NO4S/c20-18(23-15-9-3-1-4-10-15)17-13-7-8-14-19(17)24(21,22)16-11-5-2-6-12-16/h1-6,9-12,17H,7-8,13-14H2/t17-/m1/s1. The molecule has 0 unspecified atom stereocenters. The highest BCUT2D eigenvalue weighted by molar-refractivity contribution is 7.89. The van der Waals surface area contributed by atoms with E-state index in [0.717, 1.165) is 12.8 Å². The molecule has 0 amide bonds. The van der Waals surface area contributed by atoms with Crippen LogP contribution in [0.15, 0.2) is 65.6 Å². The molecule has 0 saturated carbocycles. The second kappa shape index (κ2) is 7.15. The summed E-state index contributed by atoms with van der Waals surface area (Å²) < 4.78 is 32.4. The fourth-order valence-electron chi connectivity index (χ4n) is 2.83. The van der Waals surface area contributed by atoms with E-state index in [9.17, 15) is 13.2 Å². The van der Waals surface area contributed by atoms with Gasteiger partial charge in [0.05, 0.1) is 4.90 Å². The van der Waals surface area contributed by atoms with Crippen molar-refractivity contribution in [3.05, 3.63) is 60.7 Å². The molecule has 3 rings (SSSR count). The van der Waals surface area contributed by atoms with Crippen LogP contribution in [0.3, 0.4) is 0 Å². The Morgan fingerprint density at radius 2 is 1.58 bits per heavy atom. The van der Waals surface area contributed by atoms with Gasteiger partial charge in [-0.1, -0.05) is 36.4 Å². The Kier molecular flexibility index (Phi) is 4.97. The molecule has 2 aromatic rings. The minimum atomic E-state index is -3.72. The number of hydrogen-bond donors (Lipinski definition) is 0. The van der Waals surface area contributed by atoms with Crippen molar-refractivity contribution in [3.8, 4) is 5.75 Å². The maximum Gasteiger partial charge on any atom is 0.329 e. The summed E-state index contributed by atoms with van der Waals surface area (Å²) in [6.07, 6.45) is 2.01. The summed E-state index contributed by atoms with van der Waals surface area (Å²) in [7, 11) is -3.72. The highest BCUT2D eigenvalue weighted by atomic mass is 32.2. The lowest BCUT2D eigenvalue weighted by molar-refractivity contribution is -0.139. The zero-order chi connectivity index (χ0) is 17.0. The number of ether oxygens (including phenoxy) is 1. The van der Waals surface area contributed by atoms with E-state index in [1.54, 1.807) is 54.6 Å². The topological polar surface area (TPSA) is 63.7 Å². The Morgan fingerprint density at radius 1 is 0.958 bits per heavy atom. The number of nitrogens with zero attached hydrogens (tertiary/aromatic N) is 1. The van der Waals surface area contributed by atoms with E-state index in [1.807, 2.05) is 6.07 Å². The maximum atomic E-state index is 12.9. The summed E-state index contributed by atoms with van der Waals surface area (Å²) in [5.74, 6) is -0.106. The van der Waals surface area contributed by atoms with Gasteiger partial charge in [-0.3, -0.25) is 0 Å². The first kappa shape index (κ1) is 16.7. The average molecular weight is 345 g/mol. The molecular weight excluding hydrogens is 326 g/mol. The van der Waals surface area contributed by atoms with Gasteiger partial charge in [-0.25, -0.2) is 13.2 Å². The van der Waals surface area contributed by atoms with E-state index >= 15 is 0 Å². The van der Waals surface area contributed by atoms with Gasteiger partial charge in [0.25, 0.3) is 0 Å². The van der Waals surface area contributed by atoms with Crippen LogP contribution in [0.4, 0.5) is 0 Å². The van der Waals surface area contributed by atoms with E-state index in [2.05, 4.69) is 0 Å². The maximum absolute atomic E-state index is 12.9. The Labute approximate surface area is 141 Å². The number of benzene rings is 2. The van der Waals surface area contributed by atoms with Crippen molar-refractivity contribution in [2.24, 2.45) is 0 Å². The van der Waals surface area contributed by atoms with Crippen LogP contribution in [0.5, 0.6) is 5.75 Å². The van der Waals surface area contributed by atoms with Crippen LogP contribution in [0.1, 0.15) is 19.3 Å². The predicted molar refractivity (Wildman–Crippen MR) is 90.0 cm³/mol. The van der Waals surface area contributed by atoms with E-state index in [4.69, 9.17) is 4.74 Å². The second-order valence-electron chi connectivity index (χ2n) is 5.67. The van der Waals surface area contributed by atoms with Crippen molar-refractivity contribution in [3.63, 3.8) is 0 Å². The van der Waals surface area contributed by atoms with Gasteiger partial charge in [0.1, 0.15) is 11.8 Å². The Morgan fingerprint density at radius 3 is 2.25 bits per heavy atom. The number of hydrogen-bond acceptors (Lipinski definition) is 4. The fourth-order valence-corrected chi connectivity index (χ4v) is 4.50. The minimum Gasteiger partial charge on any atom is -0.425 e. The van der Waals surface area contributed by atoms with Gasteiger partial charge >= 0.3 is 5.97 Å². The summed E-state index contributed by atoms with van der Waals surface area (Å²) in [4.78, 5) is 12.7. The van der Waals surface area contributed by atoms with Crippen LogP contribution in [-0.2, 0) is 14.8 Å². The van der Waals surface area contributed by atoms with E-state index in [1.165, 1.54) is 4.31 Å². The van der Waals surface area contributed by atoms with Gasteiger partial charge in [-0.05, 0) is 43.5 Å². The van der Waals surface area contributed by atoms with Gasteiger partial charge in [0, 0.05) is 6.54 Å². The largest absolute Gasteiger partial charge is 0.425 e. The zero-order valence-corrected chi connectivity index (χ0v) is 14.0. The lowest BCUT2D eigenvalue weighted by Crippen LogP contribution is -2.49. The van der Waals surface area contributed by atoms with Gasteiger partial charge in [-0.2, -0.15) is 4.31 Å². The number of sulfonamides is 1. The van der Waals surface area contributed by atoms with Crippen molar-refractivity contribution >= 4 is 16.0 Å². The molecule has 126 valence electrons. The monoisotopic (exact) mass is 345 g/mol. The summed E-state index contributed by atoms with van der Waals surface area (Å²) in [6, 6.07) is 16.1. The number of piperidine rings is 1. The Bertz CT molecular complexity index is 790. The number of rotatable bonds is 4.